The Kier molecular flexibility index (Phi) is 9.31. The summed E-state index contributed by atoms with van der Waals surface area (Å²) in [7, 11) is 3.68. The third-order valence-corrected chi connectivity index (χ3v) is 6.36. The molecule has 0 aromatic rings. The van der Waals surface area contributed by atoms with Gasteiger partial charge in [0.1, 0.15) is 0 Å². The number of aliphatic imine (C=N–C) groups is 1. The Bertz CT molecular complexity index is 455. The summed E-state index contributed by atoms with van der Waals surface area (Å²) >= 11 is 0. The number of methoxy groups -OCH3 is 1. The van der Waals surface area contributed by atoms with Crippen LogP contribution < -0.4 is 5.32 Å². The molecule has 1 atom stereocenters. The van der Waals surface area contributed by atoms with Crippen LogP contribution in [0, 0.1) is 5.92 Å². The average molecular weight is 397 g/mol. The number of guanidine groups is 1. The number of piperidine rings is 2. The van der Waals surface area contributed by atoms with E-state index in [0.717, 1.165) is 77.1 Å². The van der Waals surface area contributed by atoms with Crippen molar-refractivity contribution in [2.24, 2.45) is 10.9 Å². The molecule has 7 nitrogen and oxygen atoms in total. The van der Waals surface area contributed by atoms with Crippen LogP contribution in [0.3, 0.4) is 0 Å². The van der Waals surface area contributed by atoms with E-state index in [1.807, 2.05) is 7.05 Å². The minimum absolute atomic E-state index is 0.327. The fourth-order valence-electron chi connectivity index (χ4n) is 4.46. The third kappa shape index (κ3) is 6.87. The molecule has 7 heteroatoms. The number of nitrogens with zero attached hydrogens (tertiary/aromatic N) is 3. The summed E-state index contributed by atoms with van der Waals surface area (Å²) < 4.78 is 16.9. The van der Waals surface area contributed by atoms with Gasteiger partial charge in [0.05, 0.1) is 25.4 Å². The highest BCUT2D eigenvalue weighted by molar-refractivity contribution is 5.79. The quantitative estimate of drug-likeness (QED) is 0.497. The van der Waals surface area contributed by atoms with Crippen molar-refractivity contribution in [1.29, 1.82) is 0 Å². The van der Waals surface area contributed by atoms with Crippen molar-refractivity contribution in [3.63, 3.8) is 0 Å². The van der Waals surface area contributed by atoms with Crippen molar-refractivity contribution in [2.75, 3.05) is 73.2 Å². The molecule has 3 rings (SSSR count). The van der Waals surface area contributed by atoms with Gasteiger partial charge in [-0.3, -0.25) is 4.99 Å². The first-order valence-electron chi connectivity index (χ1n) is 11.2. The number of ether oxygens (including phenoxy) is 3. The molecule has 3 fully saturated rings. The molecule has 0 saturated carbocycles. The molecular formula is C21H40N4O3. The van der Waals surface area contributed by atoms with Gasteiger partial charge >= 0.3 is 0 Å². The fourth-order valence-corrected chi connectivity index (χ4v) is 4.46. The number of nitrogens with one attached hydrogen (secondary N) is 1. The van der Waals surface area contributed by atoms with E-state index < -0.39 is 0 Å². The van der Waals surface area contributed by atoms with Crippen molar-refractivity contribution in [3.05, 3.63) is 0 Å². The highest BCUT2D eigenvalue weighted by Gasteiger charge is 2.25. The maximum absolute atomic E-state index is 6.10. The van der Waals surface area contributed by atoms with Crippen molar-refractivity contribution in [3.8, 4) is 0 Å². The predicted octanol–water partition coefficient (Wildman–Crippen LogP) is 1.58. The van der Waals surface area contributed by atoms with E-state index in [2.05, 4.69) is 20.1 Å². The summed E-state index contributed by atoms with van der Waals surface area (Å²) in [6, 6.07) is 0. The molecule has 3 heterocycles. The molecule has 0 bridgehead atoms. The van der Waals surface area contributed by atoms with Gasteiger partial charge in [-0.2, -0.15) is 0 Å². The Morgan fingerprint density at radius 1 is 1.11 bits per heavy atom. The molecular weight excluding hydrogens is 356 g/mol. The largest absolute Gasteiger partial charge is 0.383 e. The zero-order chi connectivity index (χ0) is 19.6. The molecule has 0 spiro atoms. The minimum atomic E-state index is 0.327. The normalized spacial score (nSPS) is 26.1. The van der Waals surface area contributed by atoms with Crippen LogP contribution in [0.5, 0.6) is 0 Å². The molecule has 1 N–H and O–H groups in total. The maximum atomic E-state index is 6.10. The topological polar surface area (TPSA) is 58.6 Å². The molecule has 3 saturated heterocycles. The van der Waals surface area contributed by atoms with Crippen LogP contribution in [0.15, 0.2) is 4.99 Å². The Balaban J connectivity index is 1.30. The van der Waals surface area contributed by atoms with Crippen LogP contribution in [0.2, 0.25) is 0 Å². The molecule has 0 aliphatic carbocycles. The van der Waals surface area contributed by atoms with Crippen LogP contribution in [0.4, 0.5) is 0 Å². The standard InChI is InChI=1S/C21H40N4O3/c1-22-21(23-16-18-5-9-24(10-6-18)13-15-26-2)25-11-7-19(8-12-25)28-17-20-4-3-14-27-20/h18-20H,3-17H2,1-2H3,(H,22,23). The monoisotopic (exact) mass is 396 g/mol. The van der Waals surface area contributed by atoms with Crippen LogP contribution in [-0.2, 0) is 14.2 Å². The van der Waals surface area contributed by atoms with Gasteiger partial charge in [0, 0.05) is 46.9 Å². The van der Waals surface area contributed by atoms with Crippen LogP contribution >= 0.6 is 0 Å². The molecule has 3 aliphatic rings. The summed E-state index contributed by atoms with van der Waals surface area (Å²) in [6.45, 7) is 8.99. The van der Waals surface area contributed by atoms with Crippen LogP contribution in [0.1, 0.15) is 38.5 Å². The second-order valence-corrected chi connectivity index (χ2v) is 8.36. The summed E-state index contributed by atoms with van der Waals surface area (Å²) in [6.07, 6.45) is 7.70. The van der Waals surface area contributed by atoms with Crippen molar-refractivity contribution < 1.29 is 14.2 Å². The Morgan fingerprint density at radius 3 is 2.54 bits per heavy atom. The zero-order valence-electron chi connectivity index (χ0n) is 17.9. The lowest BCUT2D eigenvalue weighted by Crippen LogP contribution is -2.49. The van der Waals surface area contributed by atoms with Crippen molar-refractivity contribution in [1.82, 2.24) is 15.1 Å². The number of rotatable bonds is 8. The smallest absolute Gasteiger partial charge is 0.193 e. The van der Waals surface area contributed by atoms with Crippen molar-refractivity contribution in [2.45, 2.75) is 50.7 Å². The van der Waals surface area contributed by atoms with Gasteiger partial charge in [-0.05, 0) is 57.5 Å². The van der Waals surface area contributed by atoms with E-state index in [4.69, 9.17) is 14.2 Å². The summed E-state index contributed by atoms with van der Waals surface area (Å²) in [5.74, 6) is 1.79. The SMILES string of the molecule is CN=C(NCC1CCN(CCOC)CC1)N1CCC(OCC2CCCO2)CC1. The van der Waals surface area contributed by atoms with E-state index in [1.165, 1.54) is 32.4 Å². The van der Waals surface area contributed by atoms with Gasteiger partial charge in [-0.25, -0.2) is 0 Å². The summed E-state index contributed by atoms with van der Waals surface area (Å²) in [5, 5.41) is 3.63. The van der Waals surface area contributed by atoms with E-state index in [9.17, 15) is 0 Å². The molecule has 0 radical (unpaired) electrons. The first-order chi connectivity index (χ1) is 13.8. The molecule has 0 aromatic carbocycles. The zero-order valence-corrected chi connectivity index (χ0v) is 17.9. The lowest BCUT2D eigenvalue weighted by atomic mass is 9.97. The lowest BCUT2D eigenvalue weighted by molar-refractivity contribution is -0.0367. The number of hydrogen-bond donors (Lipinski definition) is 1. The van der Waals surface area contributed by atoms with E-state index in [-0.39, 0.29) is 0 Å². The first kappa shape index (κ1) is 21.8. The summed E-state index contributed by atoms with van der Waals surface area (Å²) in [5.41, 5.74) is 0. The lowest BCUT2D eigenvalue weighted by Gasteiger charge is -2.36. The highest BCUT2D eigenvalue weighted by atomic mass is 16.5. The van der Waals surface area contributed by atoms with Gasteiger partial charge in [-0.1, -0.05) is 0 Å². The molecule has 28 heavy (non-hydrogen) atoms. The van der Waals surface area contributed by atoms with Crippen LogP contribution in [0.25, 0.3) is 0 Å². The molecule has 162 valence electrons. The molecule has 1 unspecified atom stereocenters. The van der Waals surface area contributed by atoms with Crippen molar-refractivity contribution >= 4 is 5.96 Å². The second kappa shape index (κ2) is 12.0. The molecule has 0 amide bonds. The maximum Gasteiger partial charge on any atom is 0.193 e. The Labute approximate surface area is 170 Å². The molecule has 0 aromatic heterocycles. The first-order valence-corrected chi connectivity index (χ1v) is 11.2. The average Bonchev–Trinajstić information content (AvgIpc) is 3.26. The van der Waals surface area contributed by atoms with E-state index >= 15 is 0 Å². The highest BCUT2D eigenvalue weighted by Crippen LogP contribution is 2.19. The van der Waals surface area contributed by atoms with Gasteiger partial charge in [0.2, 0.25) is 0 Å². The number of likely N-dealkylation sites (tertiary alicyclic amines) is 2. The van der Waals surface area contributed by atoms with Gasteiger partial charge < -0.3 is 29.3 Å². The second-order valence-electron chi connectivity index (χ2n) is 8.36. The third-order valence-electron chi connectivity index (χ3n) is 6.36. The number of hydrogen-bond acceptors (Lipinski definition) is 5. The Morgan fingerprint density at radius 2 is 1.89 bits per heavy atom. The van der Waals surface area contributed by atoms with Gasteiger partial charge in [0.25, 0.3) is 0 Å². The minimum Gasteiger partial charge on any atom is -0.383 e. The fraction of sp³-hybridized carbons (Fsp3) is 0.952. The van der Waals surface area contributed by atoms with Gasteiger partial charge in [-0.15, -0.1) is 0 Å². The predicted molar refractivity (Wildman–Crippen MR) is 112 cm³/mol. The Hall–Kier alpha value is -0.890. The van der Waals surface area contributed by atoms with E-state index in [0.29, 0.717) is 12.2 Å². The summed E-state index contributed by atoms with van der Waals surface area (Å²) in [4.78, 5) is 9.43. The molecule has 3 aliphatic heterocycles. The van der Waals surface area contributed by atoms with E-state index in [1.54, 1.807) is 7.11 Å². The van der Waals surface area contributed by atoms with Gasteiger partial charge in [0.15, 0.2) is 5.96 Å². The van der Waals surface area contributed by atoms with Crippen LogP contribution in [-0.4, -0.2) is 101 Å².